The number of anilines is 1. The summed E-state index contributed by atoms with van der Waals surface area (Å²) < 4.78 is 3.23. The average molecular weight is 269 g/mol. The van der Waals surface area contributed by atoms with Crippen molar-refractivity contribution >= 4 is 29.2 Å². The molecular formula is C13H17ClN2S. The zero-order chi connectivity index (χ0) is 12.7. The van der Waals surface area contributed by atoms with Crippen LogP contribution in [0.3, 0.4) is 0 Å². The summed E-state index contributed by atoms with van der Waals surface area (Å²) in [5, 5.41) is 0.748. The molecule has 0 aliphatic carbocycles. The third-order valence-electron chi connectivity index (χ3n) is 2.05. The monoisotopic (exact) mass is 268 g/mol. The molecule has 1 aromatic rings. The highest BCUT2D eigenvalue weighted by atomic mass is 35.5. The van der Waals surface area contributed by atoms with Gasteiger partial charge < -0.3 is 10.5 Å². The van der Waals surface area contributed by atoms with Crippen molar-refractivity contribution in [1.82, 2.24) is 4.72 Å². The molecule has 1 aromatic carbocycles. The zero-order valence-corrected chi connectivity index (χ0v) is 11.6. The van der Waals surface area contributed by atoms with Gasteiger partial charge in [-0.3, -0.25) is 0 Å². The molecule has 0 saturated carbocycles. The van der Waals surface area contributed by atoms with Crippen molar-refractivity contribution < 1.29 is 0 Å². The fourth-order valence-electron chi connectivity index (χ4n) is 1.10. The Morgan fingerprint density at radius 1 is 1.41 bits per heavy atom. The molecule has 0 spiro atoms. The van der Waals surface area contributed by atoms with Crippen LogP contribution < -0.4 is 10.5 Å². The van der Waals surface area contributed by atoms with E-state index in [-0.39, 0.29) is 0 Å². The number of halogens is 1. The van der Waals surface area contributed by atoms with Gasteiger partial charge in [0.05, 0.1) is 5.70 Å². The minimum Gasteiger partial charge on any atom is -0.399 e. The summed E-state index contributed by atoms with van der Waals surface area (Å²) in [4.78, 5) is 1.10. The molecule has 0 saturated heterocycles. The van der Waals surface area contributed by atoms with Crippen molar-refractivity contribution in [2.45, 2.75) is 25.2 Å². The third kappa shape index (κ3) is 5.20. The molecule has 0 radical (unpaired) electrons. The molecule has 0 fully saturated rings. The number of nitrogen functional groups attached to an aromatic ring is 1. The lowest BCUT2D eigenvalue weighted by atomic mass is 10.3. The number of allylic oxidation sites excluding steroid dienone is 3. The summed E-state index contributed by atoms with van der Waals surface area (Å²) in [6.45, 7) is 3.96. The molecule has 0 heterocycles. The van der Waals surface area contributed by atoms with Crippen LogP contribution in [0.2, 0.25) is 0 Å². The topological polar surface area (TPSA) is 38.0 Å². The van der Waals surface area contributed by atoms with Gasteiger partial charge in [-0.15, -0.1) is 0 Å². The lowest BCUT2D eigenvalue weighted by molar-refractivity contribution is 1.18. The quantitative estimate of drug-likeness (QED) is 0.475. The van der Waals surface area contributed by atoms with Gasteiger partial charge in [0.15, 0.2) is 0 Å². The predicted molar refractivity (Wildman–Crippen MR) is 77.8 cm³/mol. The first-order valence-corrected chi connectivity index (χ1v) is 6.64. The van der Waals surface area contributed by atoms with E-state index in [4.69, 9.17) is 17.3 Å². The van der Waals surface area contributed by atoms with Gasteiger partial charge in [-0.2, -0.15) is 0 Å². The van der Waals surface area contributed by atoms with Crippen molar-refractivity contribution in [3.63, 3.8) is 0 Å². The lowest BCUT2D eigenvalue weighted by Gasteiger charge is -2.07. The third-order valence-corrected chi connectivity index (χ3v) is 3.08. The van der Waals surface area contributed by atoms with E-state index < -0.39 is 0 Å². The van der Waals surface area contributed by atoms with E-state index >= 15 is 0 Å². The fourth-order valence-corrected chi connectivity index (χ4v) is 1.99. The van der Waals surface area contributed by atoms with Gasteiger partial charge in [0, 0.05) is 15.6 Å². The van der Waals surface area contributed by atoms with Gasteiger partial charge in [0.1, 0.15) is 0 Å². The van der Waals surface area contributed by atoms with Crippen molar-refractivity contribution in [3.8, 4) is 0 Å². The maximum atomic E-state index is 6.00. The summed E-state index contributed by atoms with van der Waals surface area (Å²) in [5.41, 5.74) is 7.32. The van der Waals surface area contributed by atoms with Crippen LogP contribution in [0.25, 0.3) is 0 Å². The van der Waals surface area contributed by atoms with Gasteiger partial charge in [-0.25, -0.2) is 0 Å². The Balaban J connectivity index is 2.62. The molecule has 0 unspecified atom stereocenters. The Morgan fingerprint density at radius 2 is 2.06 bits per heavy atom. The van der Waals surface area contributed by atoms with Crippen LogP contribution in [-0.4, -0.2) is 0 Å². The Hall–Kier alpha value is -1.06. The van der Waals surface area contributed by atoms with Crippen molar-refractivity contribution in [2.24, 2.45) is 0 Å². The number of hydrogen-bond donors (Lipinski definition) is 2. The Kier molecular flexibility index (Phi) is 6.01. The average Bonchev–Trinajstić information content (AvgIpc) is 2.31. The van der Waals surface area contributed by atoms with Crippen LogP contribution in [0.5, 0.6) is 0 Å². The maximum Gasteiger partial charge on any atom is 0.0583 e. The van der Waals surface area contributed by atoms with E-state index in [0.29, 0.717) is 0 Å². The standard InChI is InChI=1S/C13H17ClN2S/c1-3-4-5-13(10(2)14)16-17-12-8-6-11(15)7-9-12/h4-9,16H,3,15H2,1-2H3/b5-4-,13-10-. The highest BCUT2D eigenvalue weighted by Gasteiger charge is 1.98. The van der Waals surface area contributed by atoms with Gasteiger partial charge in [-0.1, -0.05) is 24.6 Å². The molecule has 3 N–H and O–H groups in total. The van der Waals surface area contributed by atoms with E-state index in [9.17, 15) is 0 Å². The first-order chi connectivity index (χ1) is 8.13. The summed E-state index contributed by atoms with van der Waals surface area (Å²) >= 11 is 7.52. The molecule has 17 heavy (non-hydrogen) atoms. The summed E-state index contributed by atoms with van der Waals surface area (Å²) in [7, 11) is 0. The summed E-state index contributed by atoms with van der Waals surface area (Å²) in [6.07, 6.45) is 5.05. The second-order valence-electron chi connectivity index (χ2n) is 3.53. The van der Waals surface area contributed by atoms with Crippen LogP contribution in [0.1, 0.15) is 20.3 Å². The Morgan fingerprint density at radius 3 is 2.59 bits per heavy atom. The normalized spacial score (nSPS) is 12.6. The van der Waals surface area contributed by atoms with Crippen LogP contribution in [0, 0.1) is 0 Å². The molecule has 0 bridgehead atoms. The van der Waals surface area contributed by atoms with Crippen LogP contribution >= 0.6 is 23.5 Å². The van der Waals surface area contributed by atoms with Gasteiger partial charge in [0.2, 0.25) is 0 Å². The zero-order valence-electron chi connectivity index (χ0n) is 10.0. The first kappa shape index (κ1) is 14.0. The Labute approximate surface area is 112 Å². The van der Waals surface area contributed by atoms with Crippen LogP contribution in [0.4, 0.5) is 5.69 Å². The molecule has 0 aromatic heterocycles. The molecule has 4 heteroatoms. The SMILES string of the molecule is CC/C=C\C(NSc1ccc(N)cc1)=C(/C)Cl. The Bertz CT molecular complexity index is 406. The van der Waals surface area contributed by atoms with E-state index in [1.165, 1.54) is 11.9 Å². The van der Waals surface area contributed by atoms with Crippen molar-refractivity contribution in [1.29, 1.82) is 0 Å². The van der Waals surface area contributed by atoms with E-state index in [1.807, 2.05) is 37.3 Å². The van der Waals surface area contributed by atoms with Crippen molar-refractivity contribution in [3.05, 3.63) is 47.1 Å². The largest absolute Gasteiger partial charge is 0.399 e. The molecule has 0 aliphatic rings. The highest BCUT2D eigenvalue weighted by Crippen LogP contribution is 2.19. The molecule has 2 nitrogen and oxygen atoms in total. The number of rotatable bonds is 5. The maximum absolute atomic E-state index is 6.00. The number of nitrogens with two attached hydrogens (primary N) is 1. The van der Waals surface area contributed by atoms with E-state index in [2.05, 4.69) is 17.7 Å². The van der Waals surface area contributed by atoms with E-state index in [0.717, 1.165) is 27.7 Å². The second-order valence-corrected chi connectivity index (χ2v) is 4.98. The van der Waals surface area contributed by atoms with Gasteiger partial charge in [-0.05, 0) is 55.6 Å². The minimum atomic E-state index is 0.748. The molecule has 0 atom stereocenters. The number of hydrogen-bond acceptors (Lipinski definition) is 3. The smallest absolute Gasteiger partial charge is 0.0583 e. The summed E-state index contributed by atoms with van der Waals surface area (Å²) in [6, 6.07) is 7.70. The molecule has 0 amide bonds. The lowest BCUT2D eigenvalue weighted by Crippen LogP contribution is -2.02. The van der Waals surface area contributed by atoms with Crippen LogP contribution in [-0.2, 0) is 0 Å². The molecule has 0 aliphatic heterocycles. The fraction of sp³-hybridized carbons (Fsp3) is 0.231. The number of nitrogens with one attached hydrogen (secondary N) is 1. The van der Waals surface area contributed by atoms with Crippen molar-refractivity contribution in [2.75, 3.05) is 5.73 Å². The second kappa shape index (κ2) is 7.30. The molecule has 1 rings (SSSR count). The predicted octanol–water partition coefficient (Wildman–Crippen LogP) is 4.30. The minimum absolute atomic E-state index is 0.748. The van der Waals surface area contributed by atoms with Gasteiger partial charge >= 0.3 is 0 Å². The summed E-state index contributed by atoms with van der Waals surface area (Å²) in [5.74, 6) is 0. The number of benzene rings is 1. The van der Waals surface area contributed by atoms with Gasteiger partial charge in [0.25, 0.3) is 0 Å². The van der Waals surface area contributed by atoms with E-state index in [1.54, 1.807) is 0 Å². The molecular weight excluding hydrogens is 252 g/mol. The molecule has 92 valence electrons. The highest BCUT2D eigenvalue weighted by molar-refractivity contribution is 7.97. The van der Waals surface area contributed by atoms with Crippen LogP contribution in [0.15, 0.2) is 52.0 Å². The first-order valence-electron chi connectivity index (χ1n) is 5.44.